The topological polar surface area (TPSA) is 53.3 Å². The fraction of sp³-hybridized carbons (Fsp3) is 0.333. The summed E-state index contributed by atoms with van der Waals surface area (Å²) in [5, 5.41) is 8.87. The predicted octanol–water partition coefficient (Wildman–Crippen LogP) is 4.15. The number of hydrogen-bond donors (Lipinski definition) is 0. The van der Waals surface area contributed by atoms with Gasteiger partial charge in [-0.25, -0.2) is 4.79 Å². The molecule has 1 heterocycles. The van der Waals surface area contributed by atoms with E-state index in [1.54, 1.807) is 0 Å². The zero-order chi connectivity index (χ0) is 17.5. The van der Waals surface area contributed by atoms with Gasteiger partial charge in [-0.05, 0) is 48.4 Å². The molecule has 0 spiro atoms. The Morgan fingerprint density at radius 1 is 1.12 bits per heavy atom. The van der Waals surface area contributed by atoms with E-state index in [0.717, 1.165) is 37.9 Å². The Hall–Kier alpha value is -2.80. The molecule has 2 aromatic carbocycles. The van der Waals surface area contributed by atoms with Crippen LogP contribution in [-0.4, -0.2) is 24.1 Å². The second-order valence-corrected chi connectivity index (χ2v) is 6.51. The van der Waals surface area contributed by atoms with E-state index in [4.69, 9.17) is 10.00 Å². The van der Waals surface area contributed by atoms with Crippen LogP contribution in [0.15, 0.2) is 54.6 Å². The van der Waals surface area contributed by atoms with Gasteiger partial charge in [0.25, 0.3) is 0 Å². The lowest BCUT2D eigenvalue weighted by Crippen LogP contribution is -2.40. The average molecular weight is 334 g/mol. The molecule has 4 heteroatoms. The Morgan fingerprint density at radius 2 is 1.88 bits per heavy atom. The maximum atomic E-state index is 12.3. The molecule has 4 nitrogen and oxygen atoms in total. The van der Waals surface area contributed by atoms with Gasteiger partial charge >= 0.3 is 6.09 Å². The van der Waals surface area contributed by atoms with Gasteiger partial charge in [0.2, 0.25) is 0 Å². The maximum absolute atomic E-state index is 12.3. The molecule has 25 heavy (non-hydrogen) atoms. The molecular weight excluding hydrogens is 312 g/mol. The number of nitriles is 1. The van der Waals surface area contributed by atoms with Gasteiger partial charge in [0.15, 0.2) is 0 Å². The van der Waals surface area contributed by atoms with E-state index < -0.39 is 0 Å². The van der Waals surface area contributed by atoms with Crippen molar-refractivity contribution in [2.24, 2.45) is 5.92 Å². The van der Waals surface area contributed by atoms with E-state index >= 15 is 0 Å². The summed E-state index contributed by atoms with van der Waals surface area (Å²) in [6.07, 6.45) is 2.81. The summed E-state index contributed by atoms with van der Waals surface area (Å²) in [5.74, 6) is 0.436. The van der Waals surface area contributed by atoms with Gasteiger partial charge in [0, 0.05) is 13.1 Å². The van der Waals surface area contributed by atoms with Crippen molar-refractivity contribution in [1.29, 1.82) is 5.26 Å². The lowest BCUT2D eigenvalue weighted by atomic mass is 9.91. The summed E-state index contributed by atoms with van der Waals surface area (Å²) in [4.78, 5) is 14.1. The van der Waals surface area contributed by atoms with Crippen molar-refractivity contribution < 1.29 is 9.53 Å². The molecule has 0 bridgehead atoms. The van der Waals surface area contributed by atoms with Gasteiger partial charge in [-0.2, -0.15) is 5.26 Å². The second-order valence-electron chi connectivity index (χ2n) is 6.51. The number of rotatable bonds is 4. The maximum Gasteiger partial charge on any atom is 0.410 e. The third-order valence-electron chi connectivity index (χ3n) is 4.59. The van der Waals surface area contributed by atoms with Crippen LogP contribution < -0.4 is 0 Å². The summed E-state index contributed by atoms with van der Waals surface area (Å²) < 4.78 is 5.45. The smallest absolute Gasteiger partial charge is 0.410 e. The Balaban J connectivity index is 1.51. The highest BCUT2D eigenvalue weighted by molar-refractivity contribution is 5.67. The fourth-order valence-electron chi connectivity index (χ4n) is 3.26. The zero-order valence-electron chi connectivity index (χ0n) is 14.2. The Labute approximate surface area is 148 Å². The van der Waals surface area contributed by atoms with Crippen LogP contribution in [0.25, 0.3) is 0 Å². The van der Waals surface area contributed by atoms with E-state index in [0.29, 0.717) is 18.1 Å². The lowest BCUT2D eigenvalue weighted by Gasteiger charge is -2.32. The first-order valence-electron chi connectivity index (χ1n) is 8.69. The van der Waals surface area contributed by atoms with E-state index in [9.17, 15) is 4.79 Å². The standard InChI is InChI=1S/C21H22N2O2/c22-14-18-10-8-17(9-11-18)13-20-7-4-12-23(15-20)21(24)25-16-19-5-2-1-3-6-19/h1-3,5-6,8-11,20H,4,7,12-13,15-16H2. The molecule has 1 atom stereocenters. The van der Waals surface area contributed by atoms with Crippen LogP contribution in [0.4, 0.5) is 4.79 Å². The Bertz CT molecular complexity index is 735. The highest BCUT2D eigenvalue weighted by Gasteiger charge is 2.24. The normalized spacial score (nSPS) is 16.9. The van der Waals surface area contributed by atoms with Crippen molar-refractivity contribution in [3.8, 4) is 6.07 Å². The fourth-order valence-corrected chi connectivity index (χ4v) is 3.26. The molecule has 0 N–H and O–H groups in total. The molecule has 3 rings (SSSR count). The van der Waals surface area contributed by atoms with Gasteiger partial charge < -0.3 is 9.64 Å². The van der Waals surface area contributed by atoms with Crippen LogP contribution in [0.5, 0.6) is 0 Å². The SMILES string of the molecule is N#Cc1ccc(CC2CCCN(C(=O)OCc3ccccc3)C2)cc1. The number of ether oxygens (including phenoxy) is 1. The minimum Gasteiger partial charge on any atom is -0.445 e. The first-order chi connectivity index (χ1) is 12.2. The number of carbonyl (C=O) groups excluding carboxylic acids is 1. The van der Waals surface area contributed by atoms with Gasteiger partial charge in [0.05, 0.1) is 11.6 Å². The molecule has 1 amide bonds. The molecule has 0 aliphatic carbocycles. The molecular formula is C21H22N2O2. The van der Waals surface area contributed by atoms with E-state index in [-0.39, 0.29) is 6.09 Å². The Morgan fingerprint density at radius 3 is 2.60 bits per heavy atom. The summed E-state index contributed by atoms with van der Waals surface area (Å²) in [6.45, 7) is 1.81. The zero-order valence-corrected chi connectivity index (χ0v) is 14.2. The van der Waals surface area contributed by atoms with Crippen LogP contribution in [0.2, 0.25) is 0 Å². The first kappa shape index (κ1) is 17.0. The molecule has 1 saturated heterocycles. The minimum atomic E-state index is -0.228. The van der Waals surface area contributed by atoms with Crippen LogP contribution in [0.1, 0.15) is 29.5 Å². The number of nitrogens with zero attached hydrogens (tertiary/aromatic N) is 2. The van der Waals surface area contributed by atoms with Gasteiger partial charge in [-0.15, -0.1) is 0 Å². The number of benzene rings is 2. The lowest BCUT2D eigenvalue weighted by molar-refractivity contribution is 0.0790. The third kappa shape index (κ3) is 4.84. The van der Waals surface area contributed by atoms with Gasteiger partial charge in [-0.1, -0.05) is 42.5 Å². The third-order valence-corrected chi connectivity index (χ3v) is 4.59. The molecule has 0 aromatic heterocycles. The van der Waals surface area contributed by atoms with Crippen molar-refractivity contribution in [2.75, 3.05) is 13.1 Å². The monoisotopic (exact) mass is 334 g/mol. The number of hydrogen-bond acceptors (Lipinski definition) is 3. The van der Waals surface area contributed by atoms with Crippen LogP contribution in [0, 0.1) is 17.2 Å². The predicted molar refractivity (Wildman–Crippen MR) is 95.8 cm³/mol. The summed E-state index contributed by atoms with van der Waals surface area (Å²) in [6, 6.07) is 19.6. The quantitative estimate of drug-likeness (QED) is 0.844. The van der Waals surface area contributed by atoms with Crippen LogP contribution in [0.3, 0.4) is 0 Å². The molecule has 1 aliphatic rings. The summed E-state index contributed by atoms with van der Waals surface area (Å²) in [5.41, 5.74) is 2.89. The number of likely N-dealkylation sites (tertiary alicyclic amines) is 1. The second kappa shape index (κ2) is 8.34. The number of carbonyl (C=O) groups is 1. The molecule has 2 aromatic rings. The van der Waals surface area contributed by atoms with Gasteiger partial charge in [-0.3, -0.25) is 0 Å². The van der Waals surface area contributed by atoms with E-state index in [2.05, 4.69) is 6.07 Å². The Kier molecular flexibility index (Phi) is 5.69. The van der Waals surface area contributed by atoms with Crippen LogP contribution >= 0.6 is 0 Å². The molecule has 0 saturated carbocycles. The number of piperidine rings is 1. The average Bonchev–Trinajstić information content (AvgIpc) is 2.68. The van der Waals surface area contributed by atoms with Crippen LogP contribution in [-0.2, 0) is 17.8 Å². The summed E-state index contributed by atoms with van der Waals surface area (Å²) in [7, 11) is 0. The highest BCUT2D eigenvalue weighted by Crippen LogP contribution is 2.22. The molecule has 1 unspecified atom stereocenters. The molecule has 0 radical (unpaired) electrons. The van der Waals surface area contributed by atoms with E-state index in [1.165, 1.54) is 5.56 Å². The molecule has 1 aliphatic heterocycles. The molecule has 128 valence electrons. The molecule has 1 fully saturated rings. The van der Waals surface area contributed by atoms with Crippen molar-refractivity contribution in [2.45, 2.75) is 25.9 Å². The van der Waals surface area contributed by atoms with Crippen molar-refractivity contribution in [1.82, 2.24) is 4.90 Å². The van der Waals surface area contributed by atoms with Crippen molar-refractivity contribution in [3.05, 3.63) is 71.3 Å². The van der Waals surface area contributed by atoms with E-state index in [1.807, 2.05) is 59.5 Å². The summed E-state index contributed by atoms with van der Waals surface area (Å²) >= 11 is 0. The minimum absolute atomic E-state index is 0.228. The van der Waals surface area contributed by atoms with Crippen molar-refractivity contribution in [3.63, 3.8) is 0 Å². The first-order valence-corrected chi connectivity index (χ1v) is 8.69. The number of amides is 1. The van der Waals surface area contributed by atoms with Gasteiger partial charge in [0.1, 0.15) is 6.61 Å². The largest absolute Gasteiger partial charge is 0.445 e. The van der Waals surface area contributed by atoms with Crippen molar-refractivity contribution >= 4 is 6.09 Å². The highest BCUT2D eigenvalue weighted by atomic mass is 16.6.